The number of carbonyl (C=O) groups is 1. The van der Waals surface area contributed by atoms with E-state index in [4.69, 9.17) is 4.74 Å². The van der Waals surface area contributed by atoms with E-state index in [2.05, 4.69) is 26.2 Å². The van der Waals surface area contributed by atoms with Crippen molar-refractivity contribution < 1.29 is 13.9 Å². The number of nitrogens with one attached hydrogen (secondary N) is 1. The Morgan fingerprint density at radius 2 is 2.30 bits per heavy atom. The van der Waals surface area contributed by atoms with E-state index in [-0.39, 0.29) is 17.7 Å². The van der Waals surface area contributed by atoms with Crippen molar-refractivity contribution in [1.29, 1.82) is 0 Å². The van der Waals surface area contributed by atoms with Crippen LogP contribution in [0.3, 0.4) is 0 Å². The zero-order valence-electron chi connectivity index (χ0n) is 12.1. The second-order valence-electron chi connectivity index (χ2n) is 5.04. The minimum absolute atomic E-state index is 0.0610. The van der Waals surface area contributed by atoms with E-state index in [0.717, 1.165) is 17.9 Å². The number of rotatable bonds is 4. The van der Waals surface area contributed by atoms with E-state index in [1.807, 2.05) is 11.8 Å². The maximum atomic E-state index is 13.9. The highest BCUT2D eigenvalue weighted by atomic mass is 79.9. The molecule has 0 aliphatic carbocycles. The number of ether oxygens (including phenoxy) is 1. The molecule has 1 saturated heterocycles. The number of nitrogens with zero attached hydrogens (tertiary/aromatic N) is 1. The number of pyridine rings is 1. The van der Waals surface area contributed by atoms with Crippen LogP contribution in [0.15, 0.2) is 41.0 Å². The summed E-state index contributed by atoms with van der Waals surface area (Å²) in [5.41, 5.74) is 0.413. The normalized spacial score (nSPS) is 17.0. The van der Waals surface area contributed by atoms with Gasteiger partial charge in [0.2, 0.25) is 5.88 Å². The molecule has 120 valence electrons. The molecule has 1 aliphatic heterocycles. The topological polar surface area (TPSA) is 51.2 Å². The molecule has 23 heavy (non-hydrogen) atoms. The van der Waals surface area contributed by atoms with Crippen LogP contribution in [-0.4, -0.2) is 28.5 Å². The Hall–Kier alpha value is -1.60. The summed E-state index contributed by atoms with van der Waals surface area (Å²) >= 11 is 5.00. The molecule has 0 spiro atoms. The lowest BCUT2D eigenvalue weighted by Crippen LogP contribution is -2.20. The number of aromatic nitrogens is 1. The number of halogens is 2. The van der Waals surface area contributed by atoms with E-state index in [9.17, 15) is 9.18 Å². The summed E-state index contributed by atoms with van der Waals surface area (Å²) < 4.78 is 20.3. The van der Waals surface area contributed by atoms with E-state index in [1.54, 1.807) is 24.4 Å². The summed E-state index contributed by atoms with van der Waals surface area (Å²) in [6.45, 7) is 0. The molecular formula is C16H14BrFN2O2S. The Bertz CT molecular complexity index is 723. The van der Waals surface area contributed by atoms with Crippen LogP contribution in [0.5, 0.6) is 5.88 Å². The Morgan fingerprint density at radius 3 is 3.04 bits per heavy atom. The molecule has 1 amide bonds. The Morgan fingerprint density at radius 1 is 1.43 bits per heavy atom. The first-order valence-corrected chi connectivity index (χ1v) is 9.04. The summed E-state index contributed by atoms with van der Waals surface area (Å²) in [5.74, 6) is 1.27. The van der Waals surface area contributed by atoms with Crippen molar-refractivity contribution in [3.8, 4) is 5.88 Å². The van der Waals surface area contributed by atoms with Gasteiger partial charge in [-0.2, -0.15) is 11.8 Å². The van der Waals surface area contributed by atoms with E-state index >= 15 is 0 Å². The molecular weight excluding hydrogens is 383 g/mol. The van der Waals surface area contributed by atoms with Crippen LogP contribution in [0.25, 0.3) is 0 Å². The van der Waals surface area contributed by atoms with Gasteiger partial charge in [0.25, 0.3) is 5.91 Å². The van der Waals surface area contributed by atoms with Crippen molar-refractivity contribution in [2.75, 3.05) is 16.8 Å². The van der Waals surface area contributed by atoms with Crippen LogP contribution >= 0.6 is 27.7 Å². The van der Waals surface area contributed by atoms with Crippen LogP contribution in [0.2, 0.25) is 0 Å². The Kier molecular flexibility index (Phi) is 5.17. The second-order valence-corrected chi connectivity index (χ2v) is 7.10. The van der Waals surface area contributed by atoms with E-state index in [0.29, 0.717) is 10.0 Å². The van der Waals surface area contributed by atoms with Gasteiger partial charge in [0.05, 0.1) is 5.69 Å². The lowest BCUT2D eigenvalue weighted by atomic mass is 10.2. The third kappa shape index (κ3) is 4.03. The average molecular weight is 397 g/mol. The van der Waals surface area contributed by atoms with Gasteiger partial charge in [-0.25, -0.2) is 9.37 Å². The first kappa shape index (κ1) is 16.3. The molecule has 0 saturated carbocycles. The molecule has 1 aromatic heterocycles. The van der Waals surface area contributed by atoms with Crippen molar-refractivity contribution >= 4 is 39.3 Å². The van der Waals surface area contributed by atoms with Gasteiger partial charge >= 0.3 is 0 Å². The van der Waals surface area contributed by atoms with Crippen LogP contribution in [0.4, 0.5) is 10.1 Å². The first-order valence-electron chi connectivity index (χ1n) is 7.09. The Labute approximate surface area is 146 Å². The van der Waals surface area contributed by atoms with Gasteiger partial charge in [-0.05, 0) is 42.5 Å². The summed E-state index contributed by atoms with van der Waals surface area (Å²) in [5, 5.41) is 2.56. The van der Waals surface area contributed by atoms with Gasteiger partial charge in [0, 0.05) is 16.4 Å². The van der Waals surface area contributed by atoms with Gasteiger partial charge in [0.15, 0.2) is 0 Å². The van der Waals surface area contributed by atoms with Crippen molar-refractivity contribution in [2.45, 2.75) is 12.5 Å². The number of thioether (sulfide) groups is 1. The van der Waals surface area contributed by atoms with Crippen molar-refractivity contribution in [1.82, 2.24) is 4.98 Å². The lowest BCUT2D eigenvalue weighted by Gasteiger charge is -2.14. The number of anilines is 1. The zero-order chi connectivity index (χ0) is 16.2. The molecule has 1 aliphatic rings. The fourth-order valence-corrected chi connectivity index (χ4v) is 3.63. The molecule has 0 radical (unpaired) electrons. The van der Waals surface area contributed by atoms with Crippen LogP contribution in [0, 0.1) is 5.82 Å². The molecule has 1 fully saturated rings. The minimum atomic E-state index is -0.508. The quantitative estimate of drug-likeness (QED) is 0.844. The van der Waals surface area contributed by atoms with Gasteiger partial charge < -0.3 is 10.1 Å². The fraction of sp³-hybridized carbons (Fsp3) is 0.250. The molecule has 3 rings (SSSR count). The van der Waals surface area contributed by atoms with Crippen molar-refractivity contribution in [3.05, 3.63) is 52.4 Å². The lowest BCUT2D eigenvalue weighted by molar-refractivity contribution is 0.101. The van der Waals surface area contributed by atoms with Crippen LogP contribution in [0.1, 0.15) is 16.8 Å². The van der Waals surface area contributed by atoms with E-state index in [1.165, 1.54) is 12.1 Å². The molecule has 2 aromatic rings. The largest absolute Gasteiger partial charge is 0.473 e. The average Bonchev–Trinajstić information content (AvgIpc) is 3.03. The standard InChI is InChI=1S/C16H14BrFN2O2S/c17-10-3-4-14(13(18)8-10)20-15(21)12-2-1-6-19-16(12)22-11-5-7-23-9-11/h1-4,6,8,11H,5,7,9H2,(H,20,21)/t11-/m1/s1. The predicted octanol–water partition coefficient (Wildman–Crippen LogP) is 4.12. The second kappa shape index (κ2) is 7.31. The SMILES string of the molecule is O=C(Nc1ccc(Br)cc1F)c1cccnc1O[C@@H]1CCSC1. The fourth-order valence-electron chi connectivity index (χ4n) is 2.20. The summed E-state index contributed by atoms with van der Waals surface area (Å²) in [6, 6.07) is 7.74. The molecule has 1 N–H and O–H groups in total. The number of benzene rings is 1. The van der Waals surface area contributed by atoms with Crippen molar-refractivity contribution in [2.24, 2.45) is 0 Å². The van der Waals surface area contributed by atoms with Gasteiger partial charge in [-0.15, -0.1) is 0 Å². The molecule has 1 aromatic carbocycles. The maximum Gasteiger partial charge on any atom is 0.261 e. The maximum absolute atomic E-state index is 13.9. The highest BCUT2D eigenvalue weighted by Gasteiger charge is 2.21. The molecule has 7 heteroatoms. The van der Waals surface area contributed by atoms with E-state index < -0.39 is 11.7 Å². The number of carbonyl (C=O) groups excluding carboxylic acids is 1. The predicted molar refractivity (Wildman–Crippen MR) is 92.6 cm³/mol. The van der Waals surface area contributed by atoms with Gasteiger partial charge in [-0.3, -0.25) is 4.79 Å². The Balaban J connectivity index is 1.78. The monoisotopic (exact) mass is 396 g/mol. The highest BCUT2D eigenvalue weighted by molar-refractivity contribution is 9.10. The molecule has 0 bridgehead atoms. The molecule has 0 unspecified atom stereocenters. The summed E-state index contributed by atoms with van der Waals surface area (Å²) in [7, 11) is 0. The van der Waals surface area contributed by atoms with Gasteiger partial charge in [0.1, 0.15) is 17.5 Å². The van der Waals surface area contributed by atoms with Crippen molar-refractivity contribution in [3.63, 3.8) is 0 Å². The summed E-state index contributed by atoms with van der Waals surface area (Å²) in [4.78, 5) is 16.6. The molecule has 2 heterocycles. The molecule has 1 atom stereocenters. The highest BCUT2D eigenvalue weighted by Crippen LogP contribution is 2.25. The number of amides is 1. The smallest absolute Gasteiger partial charge is 0.261 e. The summed E-state index contributed by atoms with van der Waals surface area (Å²) in [6.07, 6.45) is 2.57. The van der Waals surface area contributed by atoms with Crippen LogP contribution < -0.4 is 10.1 Å². The zero-order valence-corrected chi connectivity index (χ0v) is 14.5. The third-order valence-corrected chi connectivity index (χ3v) is 4.99. The van der Waals surface area contributed by atoms with Gasteiger partial charge in [-0.1, -0.05) is 15.9 Å². The first-order chi connectivity index (χ1) is 11.1. The third-order valence-electron chi connectivity index (χ3n) is 3.36. The molecule has 4 nitrogen and oxygen atoms in total. The van der Waals surface area contributed by atoms with Crippen LogP contribution in [-0.2, 0) is 0 Å². The number of hydrogen-bond donors (Lipinski definition) is 1. The number of hydrogen-bond acceptors (Lipinski definition) is 4. The minimum Gasteiger partial charge on any atom is -0.473 e.